The topological polar surface area (TPSA) is 68.3 Å². The van der Waals surface area contributed by atoms with Crippen LogP contribution < -0.4 is 0 Å². The van der Waals surface area contributed by atoms with Crippen LogP contribution in [0, 0.1) is 0 Å². The molecule has 1 radical (unpaired) electrons. The largest absolute Gasteiger partial charge is 2.00 e. The van der Waals surface area contributed by atoms with Gasteiger partial charge < -0.3 is 19.2 Å². The maximum absolute atomic E-state index is 11.5. The van der Waals surface area contributed by atoms with E-state index in [1.165, 1.54) is 0 Å². The second-order valence-corrected chi connectivity index (χ2v) is 6.55. The Kier molecular flexibility index (Phi) is 8.25. The normalized spacial score (nSPS) is 10.2. The van der Waals surface area contributed by atoms with Gasteiger partial charge in [0.25, 0.3) is 0 Å². The van der Waals surface area contributed by atoms with E-state index in [1.807, 2.05) is 39.0 Å². The molecule has 0 fully saturated rings. The Labute approximate surface area is 210 Å². The minimum Gasteiger partial charge on any atom is -0.376 e. The van der Waals surface area contributed by atoms with Crippen molar-refractivity contribution in [1.82, 2.24) is 0 Å². The Bertz CT molecular complexity index is 1270. The smallest absolute Gasteiger partial charge is 0.376 e. The van der Waals surface area contributed by atoms with Crippen molar-refractivity contribution in [3.63, 3.8) is 0 Å². The zero-order valence-electron chi connectivity index (χ0n) is 17.1. The zero-order chi connectivity index (χ0) is 21.4. The minimum atomic E-state index is 0. The minimum absolute atomic E-state index is 0. The van der Waals surface area contributed by atoms with Crippen LogP contribution in [0.5, 0.6) is 0 Å². The summed E-state index contributed by atoms with van der Waals surface area (Å²) < 4.78 is 0. The van der Waals surface area contributed by atoms with Gasteiger partial charge in [-0.3, -0.25) is 0 Å². The Morgan fingerprint density at radius 1 is 0.438 bits per heavy atom. The van der Waals surface area contributed by atoms with Crippen molar-refractivity contribution in [2.24, 2.45) is 0 Å². The maximum Gasteiger partial charge on any atom is 2.00 e. The van der Waals surface area contributed by atoms with Crippen molar-refractivity contribution in [3.05, 3.63) is 70.8 Å². The summed E-state index contributed by atoms with van der Waals surface area (Å²) in [5.74, 6) is 0. The summed E-state index contributed by atoms with van der Waals surface area (Å²) in [7, 11) is 0. The third-order valence-electron chi connectivity index (χ3n) is 5.34. The third kappa shape index (κ3) is 3.53. The molecule has 5 rings (SSSR count). The van der Waals surface area contributed by atoms with Crippen molar-refractivity contribution in [2.75, 3.05) is 0 Å². The maximum atomic E-state index is 11.5. The zero-order valence-corrected chi connectivity index (χ0v) is 21.4. The Balaban J connectivity index is 0.000000884. The number of carbonyl (C=O) groups excluding carboxylic acids is 4. The molecule has 153 valence electrons. The standard InChI is InChI=1S/C24H8O4.C2H6.V.W/c25-9-13-1-5-17-18-6-3-15(11-27)22-16(12-28)4-8-20(24(18)22)19-7-2-14(10-26)21(13)23(17)19;1-2;;/h1-8H;1-2H3;;/q-4;;2*+2. The fourth-order valence-electron chi connectivity index (χ4n) is 4.23. The van der Waals surface area contributed by atoms with Crippen molar-refractivity contribution in [3.8, 4) is 0 Å². The van der Waals surface area contributed by atoms with Crippen LogP contribution in [0.3, 0.4) is 0 Å². The van der Waals surface area contributed by atoms with Crippen molar-refractivity contribution < 1.29 is 58.8 Å². The molecular weight excluding hydrogens is 611 g/mol. The van der Waals surface area contributed by atoms with Gasteiger partial charge in [0.1, 0.15) is 0 Å². The molecule has 0 aliphatic heterocycles. The molecule has 0 aliphatic rings. The van der Waals surface area contributed by atoms with Gasteiger partial charge in [0.2, 0.25) is 0 Å². The van der Waals surface area contributed by atoms with Gasteiger partial charge in [0.15, 0.2) is 0 Å². The molecule has 0 heterocycles. The first-order valence-corrected chi connectivity index (χ1v) is 9.46. The first-order valence-electron chi connectivity index (χ1n) is 9.46. The molecule has 0 aromatic heterocycles. The van der Waals surface area contributed by atoms with Gasteiger partial charge in [0, 0.05) is 0 Å². The summed E-state index contributed by atoms with van der Waals surface area (Å²) in [6.07, 6.45) is 7.60. The van der Waals surface area contributed by atoms with E-state index in [0.717, 1.165) is 32.3 Å². The van der Waals surface area contributed by atoms with Crippen molar-refractivity contribution >= 4 is 68.2 Å². The van der Waals surface area contributed by atoms with Gasteiger partial charge in [0.05, 0.1) is 25.1 Å². The van der Waals surface area contributed by atoms with E-state index < -0.39 is 0 Å². The van der Waals surface area contributed by atoms with Crippen LogP contribution in [-0.2, 0) is 58.8 Å². The molecule has 0 spiro atoms. The SMILES string of the molecule is CC.O=[C-]c1ccc2c3ccc([C-]=O)c4c([C-]=O)ccc(c5ccc([C-]=O)c1c25)c43.[V+2].[W+2]. The molecule has 0 saturated carbocycles. The summed E-state index contributed by atoms with van der Waals surface area (Å²) in [6.45, 7) is 4.00. The van der Waals surface area contributed by atoms with Crippen LogP contribution in [0.1, 0.15) is 36.1 Å². The molecule has 0 unspecified atom stereocenters. The average Bonchev–Trinajstić information content (AvgIpc) is 2.82. The van der Waals surface area contributed by atoms with Crippen LogP contribution in [0.4, 0.5) is 0 Å². The molecule has 0 bridgehead atoms. The fourth-order valence-corrected chi connectivity index (χ4v) is 4.23. The number of hydrogen-bond acceptors (Lipinski definition) is 4. The van der Waals surface area contributed by atoms with Gasteiger partial charge in [-0.2, -0.15) is 24.3 Å². The summed E-state index contributed by atoms with van der Waals surface area (Å²) in [5, 5.41) is 5.71. The van der Waals surface area contributed by atoms with Gasteiger partial charge in [-0.25, -0.2) is 0 Å². The Morgan fingerprint density at radius 2 is 0.656 bits per heavy atom. The van der Waals surface area contributed by atoms with Gasteiger partial charge in [-0.1, -0.05) is 24.6 Å². The molecule has 0 saturated heterocycles. The fraction of sp³-hybridized carbons (Fsp3) is 0.0769. The molecule has 0 N–H and O–H groups in total. The number of hydrogen-bond donors (Lipinski definition) is 0. The van der Waals surface area contributed by atoms with Gasteiger partial charge in [-0.05, 0) is 21.5 Å². The van der Waals surface area contributed by atoms with Crippen LogP contribution >= 0.6 is 0 Å². The van der Waals surface area contributed by atoms with Gasteiger partial charge >= 0.3 is 39.6 Å². The number of benzene rings is 5. The van der Waals surface area contributed by atoms with Crippen LogP contribution in [0.2, 0.25) is 0 Å². The summed E-state index contributed by atoms with van der Waals surface area (Å²) >= 11 is 0. The second kappa shape index (κ2) is 10.3. The van der Waals surface area contributed by atoms with E-state index in [-0.39, 0.29) is 61.9 Å². The number of fused-ring (bicyclic) bond motifs is 2. The molecular formula is C26H14O4VW. The molecule has 5 aromatic rings. The molecule has 5 aromatic carbocycles. The van der Waals surface area contributed by atoms with E-state index in [0.29, 0.717) is 10.8 Å². The summed E-state index contributed by atoms with van der Waals surface area (Å²) in [6, 6.07) is 13.6. The van der Waals surface area contributed by atoms with E-state index >= 15 is 0 Å². The predicted molar refractivity (Wildman–Crippen MR) is 118 cm³/mol. The predicted octanol–water partition coefficient (Wildman–Crippen LogP) is 4.59. The summed E-state index contributed by atoms with van der Waals surface area (Å²) in [5.41, 5.74) is 1.15. The average molecular weight is 625 g/mol. The first-order chi connectivity index (χ1) is 14.7. The molecule has 0 atom stereocenters. The van der Waals surface area contributed by atoms with E-state index in [2.05, 4.69) is 0 Å². The van der Waals surface area contributed by atoms with Crippen molar-refractivity contribution in [1.29, 1.82) is 0 Å². The monoisotopic (exact) mass is 625 g/mol. The molecule has 0 amide bonds. The third-order valence-corrected chi connectivity index (χ3v) is 5.34. The number of rotatable bonds is 4. The quantitative estimate of drug-likeness (QED) is 0.167. The second-order valence-electron chi connectivity index (χ2n) is 6.55. The van der Waals surface area contributed by atoms with E-state index in [1.54, 1.807) is 48.5 Å². The Hall–Kier alpha value is -2.65. The first kappa shape index (κ1) is 25.6. The van der Waals surface area contributed by atoms with Crippen LogP contribution in [0.15, 0.2) is 48.5 Å². The van der Waals surface area contributed by atoms with Crippen LogP contribution in [0.25, 0.3) is 43.1 Å². The Morgan fingerprint density at radius 3 is 0.844 bits per heavy atom. The van der Waals surface area contributed by atoms with E-state index in [4.69, 9.17) is 0 Å². The molecule has 0 aliphatic carbocycles. The molecule has 32 heavy (non-hydrogen) atoms. The molecule has 4 nitrogen and oxygen atoms in total. The van der Waals surface area contributed by atoms with Crippen molar-refractivity contribution in [2.45, 2.75) is 13.8 Å². The van der Waals surface area contributed by atoms with E-state index in [9.17, 15) is 19.2 Å². The van der Waals surface area contributed by atoms with Crippen LogP contribution in [-0.4, -0.2) is 25.1 Å². The van der Waals surface area contributed by atoms with Gasteiger partial charge in [-0.15, -0.1) is 57.3 Å². The summed E-state index contributed by atoms with van der Waals surface area (Å²) in [4.78, 5) is 45.9. The molecule has 6 heteroatoms.